The molecule has 2 N–H and O–H groups in total. The van der Waals surface area contributed by atoms with Gasteiger partial charge in [-0.3, -0.25) is 9.52 Å². The largest absolute Gasteiger partial charge is 0.491 e. The lowest BCUT2D eigenvalue weighted by molar-refractivity contribution is 0.0281. The zero-order chi connectivity index (χ0) is 24.2. The highest BCUT2D eigenvalue weighted by atomic mass is 32.2. The Hall–Kier alpha value is -2.69. The van der Waals surface area contributed by atoms with Crippen LogP contribution in [0.25, 0.3) is 0 Å². The summed E-state index contributed by atoms with van der Waals surface area (Å²) >= 11 is 0. The van der Waals surface area contributed by atoms with Gasteiger partial charge in [0.05, 0.1) is 16.6 Å². The molecule has 0 aliphatic carbocycles. The van der Waals surface area contributed by atoms with Crippen LogP contribution < -0.4 is 14.8 Å². The minimum absolute atomic E-state index is 0.0243. The van der Waals surface area contributed by atoms with E-state index in [4.69, 9.17) is 9.47 Å². The van der Waals surface area contributed by atoms with Crippen molar-refractivity contribution in [1.29, 1.82) is 0 Å². The topological polar surface area (TPSA) is 97.0 Å². The van der Waals surface area contributed by atoms with E-state index in [1.807, 2.05) is 13.8 Å². The van der Waals surface area contributed by atoms with Crippen molar-refractivity contribution in [1.82, 2.24) is 10.2 Å². The highest BCUT2D eigenvalue weighted by Gasteiger charge is 2.26. The summed E-state index contributed by atoms with van der Waals surface area (Å²) in [6.07, 6.45) is -0.183. The highest BCUT2D eigenvalue weighted by molar-refractivity contribution is 7.92. The zero-order valence-electron chi connectivity index (χ0n) is 19.2. The molecular weight excluding hydrogens is 449 g/mol. The number of hydrogen-bond donors (Lipinski definition) is 2. The Morgan fingerprint density at radius 3 is 2.67 bits per heavy atom. The molecule has 1 aliphatic heterocycles. The van der Waals surface area contributed by atoms with Gasteiger partial charge in [0.25, 0.3) is 15.9 Å². The van der Waals surface area contributed by atoms with Gasteiger partial charge in [-0.15, -0.1) is 0 Å². The van der Waals surface area contributed by atoms with Crippen molar-refractivity contribution >= 4 is 21.6 Å². The van der Waals surface area contributed by atoms with Crippen LogP contribution in [-0.4, -0.2) is 65.2 Å². The van der Waals surface area contributed by atoms with Crippen LogP contribution in [0.3, 0.4) is 0 Å². The molecule has 1 aliphatic rings. The Morgan fingerprint density at radius 1 is 1.21 bits per heavy atom. The summed E-state index contributed by atoms with van der Waals surface area (Å²) in [4.78, 5) is 14.6. The van der Waals surface area contributed by atoms with Gasteiger partial charge in [0.1, 0.15) is 18.2 Å². The zero-order valence-corrected chi connectivity index (χ0v) is 20.0. The van der Waals surface area contributed by atoms with Gasteiger partial charge < -0.3 is 19.7 Å². The predicted molar refractivity (Wildman–Crippen MR) is 124 cm³/mol. The van der Waals surface area contributed by atoms with E-state index in [9.17, 15) is 17.6 Å². The molecule has 0 saturated heterocycles. The summed E-state index contributed by atoms with van der Waals surface area (Å²) in [5.74, 6) is -0.495. The van der Waals surface area contributed by atoms with Gasteiger partial charge >= 0.3 is 0 Å². The van der Waals surface area contributed by atoms with Crippen molar-refractivity contribution in [3.05, 3.63) is 53.8 Å². The number of likely N-dealkylation sites (N-methyl/N-ethyl adjacent to an activating group) is 1. The molecule has 3 rings (SSSR count). The van der Waals surface area contributed by atoms with E-state index in [0.717, 1.165) is 12.1 Å². The van der Waals surface area contributed by atoms with Gasteiger partial charge in [0.2, 0.25) is 0 Å². The van der Waals surface area contributed by atoms with E-state index in [1.165, 1.54) is 29.2 Å². The molecule has 0 spiro atoms. The minimum Gasteiger partial charge on any atom is -0.491 e. The Labute approximate surface area is 194 Å². The molecule has 180 valence electrons. The number of carbonyl (C=O) groups excluding carboxylic acids is 1. The molecule has 10 heteroatoms. The second-order valence-corrected chi connectivity index (χ2v) is 10.0. The number of anilines is 1. The minimum atomic E-state index is -4.05. The maximum atomic E-state index is 13.5. The second-order valence-electron chi connectivity index (χ2n) is 8.33. The normalized spacial score (nSPS) is 22.5. The smallest absolute Gasteiger partial charge is 0.261 e. The van der Waals surface area contributed by atoms with E-state index in [-0.39, 0.29) is 40.1 Å². The maximum Gasteiger partial charge on any atom is 0.261 e. The van der Waals surface area contributed by atoms with Crippen LogP contribution in [0.5, 0.6) is 5.75 Å². The summed E-state index contributed by atoms with van der Waals surface area (Å²) < 4.78 is 52.9. The molecule has 0 fully saturated rings. The molecule has 3 atom stereocenters. The monoisotopic (exact) mass is 479 g/mol. The lowest BCUT2D eigenvalue weighted by Gasteiger charge is -2.30. The van der Waals surface area contributed by atoms with Crippen molar-refractivity contribution in [3.63, 3.8) is 0 Å². The van der Waals surface area contributed by atoms with Gasteiger partial charge in [-0.05, 0) is 49.2 Å². The number of nitrogens with zero attached hydrogens (tertiary/aromatic N) is 1. The second kappa shape index (κ2) is 10.5. The first kappa shape index (κ1) is 24.9. The number of rotatable bonds is 4. The fourth-order valence-electron chi connectivity index (χ4n) is 3.57. The van der Waals surface area contributed by atoms with E-state index in [2.05, 4.69) is 10.0 Å². The van der Waals surface area contributed by atoms with Crippen LogP contribution in [0.2, 0.25) is 0 Å². The van der Waals surface area contributed by atoms with E-state index >= 15 is 0 Å². The van der Waals surface area contributed by atoms with Crippen LogP contribution in [0, 0.1) is 11.7 Å². The van der Waals surface area contributed by atoms with Crippen molar-refractivity contribution in [3.8, 4) is 5.75 Å². The molecule has 2 aromatic rings. The predicted octanol–water partition coefficient (Wildman–Crippen LogP) is 2.72. The number of nitrogens with one attached hydrogen (secondary N) is 2. The average Bonchev–Trinajstić information content (AvgIpc) is 2.78. The van der Waals surface area contributed by atoms with Crippen molar-refractivity contribution < 1.29 is 27.1 Å². The van der Waals surface area contributed by atoms with Gasteiger partial charge in [0.15, 0.2) is 0 Å². The molecule has 0 aromatic heterocycles. The number of amides is 1. The number of sulfonamides is 1. The van der Waals surface area contributed by atoms with E-state index < -0.39 is 15.8 Å². The van der Waals surface area contributed by atoms with Crippen LogP contribution >= 0.6 is 0 Å². The molecule has 1 amide bonds. The summed E-state index contributed by atoms with van der Waals surface area (Å²) in [6, 6.07) is 9.22. The van der Waals surface area contributed by atoms with Crippen LogP contribution in [-0.2, 0) is 14.8 Å². The van der Waals surface area contributed by atoms with Crippen LogP contribution in [0.1, 0.15) is 24.2 Å². The third kappa shape index (κ3) is 6.21. The fourth-order valence-corrected chi connectivity index (χ4v) is 4.65. The molecular formula is C23H30FN3O5S. The summed E-state index contributed by atoms with van der Waals surface area (Å²) in [5.41, 5.74) is 0.380. The standard InChI is InChI=1S/C23H30FN3O5S/c1-15-12-25-16(2)14-32-21-9-8-18(11-20(21)23(28)27(3)13-22(15)31-4)26-33(29,30)19-7-5-6-17(24)10-19/h5-11,15-16,22,25-26H,12-14H2,1-4H3/t15-,16-,22+/m0/s1. The fraction of sp³-hybridized carbons (Fsp3) is 0.435. The number of ether oxygens (including phenoxy) is 2. The number of benzene rings is 2. The first-order valence-corrected chi connectivity index (χ1v) is 12.2. The van der Waals surface area contributed by atoms with Crippen molar-refractivity contribution in [2.75, 3.05) is 38.6 Å². The molecule has 0 unspecified atom stereocenters. The Morgan fingerprint density at radius 2 is 1.97 bits per heavy atom. The van der Waals surface area contributed by atoms with Gasteiger partial charge in [-0.2, -0.15) is 0 Å². The molecule has 1 heterocycles. The Kier molecular flexibility index (Phi) is 7.93. The number of carbonyl (C=O) groups is 1. The van der Waals surface area contributed by atoms with Crippen LogP contribution in [0.15, 0.2) is 47.4 Å². The maximum absolute atomic E-state index is 13.5. The molecule has 2 aromatic carbocycles. The highest BCUT2D eigenvalue weighted by Crippen LogP contribution is 2.27. The summed E-state index contributed by atoms with van der Waals surface area (Å²) in [5, 5.41) is 3.41. The summed E-state index contributed by atoms with van der Waals surface area (Å²) in [6.45, 7) is 5.41. The average molecular weight is 480 g/mol. The van der Waals surface area contributed by atoms with E-state index in [1.54, 1.807) is 20.2 Å². The van der Waals surface area contributed by atoms with Gasteiger partial charge in [0, 0.05) is 39.0 Å². The Bertz CT molecular complexity index is 1100. The quantitative estimate of drug-likeness (QED) is 0.700. The molecule has 0 radical (unpaired) electrons. The summed E-state index contributed by atoms with van der Waals surface area (Å²) in [7, 11) is -0.769. The SMILES string of the molecule is CO[C@@H]1CN(C)C(=O)c2cc(NS(=O)(=O)c3cccc(F)c3)ccc2OC[C@H](C)NC[C@@H]1C. The van der Waals surface area contributed by atoms with E-state index in [0.29, 0.717) is 25.4 Å². The van der Waals surface area contributed by atoms with Gasteiger partial charge in [-0.1, -0.05) is 13.0 Å². The lowest BCUT2D eigenvalue weighted by atomic mass is 10.0. The number of fused-ring (bicyclic) bond motifs is 1. The molecule has 8 nitrogen and oxygen atoms in total. The van der Waals surface area contributed by atoms with Crippen molar-refractivity contribution in [2.24, 2.45) is 5.92 Å². The lowest BCUT2D eigenvalue weighted by Crippen LogP contribution is -2.44. The molecule has 33 heavy (non-hydrogen) atoms. The number of hydrogen-bond acceptors (Lipinski definition) is 6. The van der Waals surface area contributed by atoms with Gasteiger partial charge in [-0.25, -0.2) is 12.8 Å². The molecule has 0 bridgehead atoms. The van der Waals surface area contributed by atoms with Crippen molar-refractivity contribution in [2.45, 2.75) is 30.9 Å². The first-order chi connectivity index (χ1) is 15.6. The van der Waals surface area contributed by atoms with Crippen LogP contribution in [0.4, 0.5) is 10.1 Å². The Balaban J connectivity index is 1.94. The number of methoxy groups -OCH3 is 1. The number of halogens is 1. The third-order valence-corrected chi connectivity index (χ3v) is 6.96. The molecule has 0 saturated carbocycles. The third-order valence-electron chi connectivity index (χ3n) is 5.58. The first-order valence-electron chi connectivity index (χ1n) is 10.7.